The van der Waals surface area contributed by atoms with Gasteiger partial charge in [0.2, 0.25) is 11.0 Å². The predicted molar refractivity (Wildman–Crippen MR) is 142 cm³/mol. The van der Waals surface area contributed by atoms with Gasteiger partial charge in [0.25, 0.3) is 20.3 Å². The van der Waals surface area contributed by atoms with Crippen molar-refractivity contribution < 1.29 is 22.7 Å². The number of amides is 2. The molecule has 3 rings (SSSR count). The van der Waals surface area contributed by atoms with Crippen LogP contribution in [0.1, 0.15) is 43.7 Å². The molecule has 0 saturated carbocycles. The van der Waals surface area contributed by atoms with Gasteiger partial charge in [0.15, 0.2) is 11.5 Å². The predicted octanol–water partition coefficient (Wildman–Crippen LogP) is 3.23. The molecule has 0 unspecified atom stereocenters. The summed E-state index contributed by atoms with van der Waals surface area (Å²) in [5, 5.41) is 17.4. The summed E-state index contributed by atoms with van der Waals surface area (Å²) < 4.78 is 33.3. The van der Waals surface area contributed by atoms with Gasteiger partial charge in [0.1, 0.15) is 5.75 Å². The highest BCUT2D eigenvalue weighted by atomic mass is 79.9. The maximum absolute atomic E-state index is 12.5. The topological polar surface area (TPSA) is 156 Å². The minimum atomic E-state index is -4.32. The normalized spacial score (nSPS) is 11.3. The summed E-state index contributed by atoms with van der Waals surface area (Å²) in [6.45, 7) is 9.01. The number of rotatable bonds is 11. The molecule has 3 aromatic rings. The number of sulfonamides is 1. The van der Waals surface area contributed by atoms with Crippen molar-refractivity contribution in [1.29, 1.82) is 0 Å². The van der Waals surface area contributed by atoms with Crippen LogP contribution in [0.3, 0.4) is 0 Å². The largest absolute Gasteiger partial charge is 0.493 e. The summed E-state index contributed by atoms with van der Waals surface area (Å²) in [7, 11) is -4.32. The minimum absolute atomic E-state index is 0.00710. The van der Waals surface area contributed by atoms with E-state index in [9.17, 15) is 18.0 Å². The fourth-order valence-electron chi connectivity index (χ4n) is 2.98. The lowest BCUT2D eigenvalue weighted by Gasteiger charge is -2.23. The maximum Gasteiger partial charge on any atom is 0.293 e. The van der Waals surface area contributed by atoms with Gasteiger partial charge in [-0.2, -0.15) is 8.42 Å². The van der Waals surface area contributed by atoms with Crippen molar-refractivity contribution >= 4 is 60.1 Å². The van der Waals surface area contributed by atoms with Gasteiger partial charge in [0, 0.05) is 30.0 Å². The van der Waals surface area contributed by atoms with Crippen molar-refractivity contribution in [3.8, 4) is 5.75 Å². The molecule has 12 nitrogen and oxygen atoms in total. The van der Waals surface area contributed by atoms with Crippen molar-refractivity contribution in [2.75, 3.05) is 23.4 Å². The Morgan fingerprint density at radius 3 is 2.51 bits per heavy atom. The summed E-state index contributed by atoms with van der Waals surface area (Å²) in [4.78, 5) is 25.6. The van der Waals surface area contributed by atoms with Crippen LogP contribution >= 0.6 is 27.3 Å². The fraction of sp³-hybridized carbons (Fsp3) is 0.364. The molecular formula is C22H26BrN7O5S2. The maximum atomic E-state index is 12.5. The van der Waals surface area contributed by atoms with E-state index in [1.807, 2.05) is 34.7 Å². The Kier molecular flexibility index (Phi) is 9.50. The van der Waals surface area contributed by atoms with E-state index in [2.05, 4.69) is 55.5 Å². The van der Waals surface area contributed by atoms with Crippen LogP contribution in [0.15, 0.2) is 39.1 Å². The van der Waals surface area contributed by atoms with E-state index in [4.69, 9.17) is 4.74 Å². The first-order valence-corrected chi connectivity index (χ1v) is 14.3. The lowest BCUT2D eigenvalue weighted by molar-refractivity contribution is -0.114. The fourth-order valence-corrected chi connectivity index (χ4v) is 5.30. The van der Waals surface area contributed by atoms with E-state index < -0.39 is 26.2 Å². The van der Waals surface area contributed by atoms with Crippen LogP contribution < -0.4 is 19.7 Å². The Morgan fingerprint density at radius 1 is 1.14 bits per heavy atom. The number of ether oxygens (including phenoxy) is 1. The lowest BCUT2D eigenvalue weighted by Crippen LogP contribution is -2.31. The van der Waals surface area contributed by atoms with E-state index in [-0.39, 0.29) is 10.8 Å². The number of halogens is 1. The summed E-state index contributed by atoms with van der Waals surface area (Å²) in [6, 6.07) is 8.77. The van der Waals surface area contributed by atoms with E-state index in [0.29, 0.717) is 42.8 Å². The number of nitrogens with zero attached hydrogens (tertiary/aromatic N) is 5. The zero-order valence-electron chi connectivity index (χ0n) is 20.6. The number of hydrogen-bond donors (Lipinski definition) is 2. The molecule has 0 fully saturated rings. The number of carbonyl (C=O) groups excluding carboxylic acids is 2. The van der Waals surface area contributed by atoms with E-state index in [0.717, 1.165) is 15.8 Å². The van der Waals surface area contributed by atoms with Crippen molar-refractivity contribution in [2.45, 2.75) is 38.6 Å². The summed E-state index contributed by atoms with van der Waals surface area (Å²) >= 11 is 4.11. The molecule has 198 valence electrons. The van der Waals surface area contributed by atoms with Gasteiger partial charge in [0.05, 0.1) is 6.61 Å². The molecule has 0 aliphatic carbocycles. The number of aromatic nitrogens is 4. The Balaban J connectivity index is 1.72. The van der Waals surface area contributed by atoms with Crippen LogP contribution in [0.2, 0.25) is 0 Å². The standard InChI is InChI=1S/C22H26BrN7O5S2/c1-5-30(11-15-10-16(23)6-8-18(15)35-12-13(2)3)19-9-7-17(25-26-19)20(32)29-37(33,34)22-28-27-21(36-22)24-14(4)31/h6-10,13H,5,11-12H2,1-4H3,(H,29,32)(H,24,27,31). The van der Waals surface area contributed by atoms with Gasteiger partial charge in [-0.15, -0.1) is 20.4 Å². The van der Waals surface area contributed by atoms with Crippen LogP contribution in [-0.4, -0.2) is 53.8 Å². The molecule has 0 radical (unpaired) electrons. The second-order valence-corrected chi connectivity index (χ2v) is 12.0. The number of carbonyl (C=O) groups is 2. The third-order valence-electron chi connectivity index (χ3n) is 4.69. The Hall–Kier alpha value is -3.17. The first-order chi connectivity index (χ1) is 17.5. The molecule has 0 aliphatic heterocycles. The van der Waals surface area contributed by atoms with Crippen LogP contribution in [0, 0.1) is 5.92 Å². The first-order valence-electron chi connectivity index (χ1n) is 11.2. The third-order valence-corrected chi connectivity index (χ3v) is 7.72. The van der Waals surface area contributed by atoms with Gasteiger partial charge < -0.3 is 15.0 Å². The Labute approximate surface area is 227 Å². The van der Waals surface area contributed by atoms with Crippen LogP contribution in [0.25, 0.3) is 0 Å². The molecule has 15 heteroatoms. The lowest BCUT2D eigenvalue weighted by atomic mass is 10.1. The number of nitrogens with one attached hydrogen (secondary N) is 2. The quantitative estimate of drug-likeness (QED) is 0.308. The van der Waals surface area contributed by atoms with E-state index in [1.165, 1.54) is 13.0 Å². The molecule has 1 aromatic carbocycles. The monoisotopic (exact) mass is 611 g/mol. The van der Waals surface area contributed by atoms with Crippen molar-refractivity contribution in [3.63, 3.8) is 0 Å². The van der Waals surface area contributed by atoms with Gasteiger partial charge >= 0.3 is 0 Å². The van der Waals surface area contributed by atoms with Gasteiger partial charge in [-0.05, 0) is 43.2 Å². The SMILES string of the molecule is CCN(Cc1cc(Br)ccc1OCC(C)C)c1ccc(C(=O)NS(=O)(=O)c2nnc(NC(C)=O)s2)nn1. The molecule has 37 heavy (non-hydrogen) atoms. The summed E-state index contributed by atoms with van der Waals surface area (Å²) in [5.41, 5.74) is 0.751. The molecule has 0 spiro atoms. The van der Waals surface area contributed by atoms with Gasteiger partial charge in [-0.1, -0.05) is 41.1 Å². The summed E-state index contributed by atoms with van der Waals surface area (Å²) in [5.74, 6) is 0.233. The second-order valence-electron chi connectivity index (χ2n) is 8.24. The molecule has 2 amide bonds. The van der Waals surface area contributed by atoms with E-state index in [1.54, 1.807) is 6.07 Å². The zero-order chi connectivity index (χ0) is 27.2. The molecule has 2 aromatic heterocycles. The van der Waals surface area contributed by atoms with Crippen LogP contribution in [-0.2, 0) is 21.4 Å². The Morgan fingerprint density at radius 2 is 1.89 bits per heavy atom. The molecular weight excluding hydrogens is 586 g/mol. The average molecular weight is 613 g/mol. The molecule has 2 N–H and O–H groups in total. The van der Waals surface area contributed by atoms with Crippen molar-refractivity contribution in [3.05, 3.63) is 46.1 Å². The Bertz CT molecular complexity index is 1360. The molecule has 0 aliphatic rings. The number of hydrogen-bond acceptors (Lipinski definition) is 11. The molecule has 0 saturated heterocycles. The number of anilines is 2. The minimum Gasteiger partial charge on any atom is -0.493 e. The highest BCUT2D eigenvalue weighted by molar-refractivity contribution is 9.10. The highest BCUT2D eigenvalue weighted by Crippen LogP contribution is 2.27. The average Bonchev–Trinajstić information content (AvgIpc) is 3.30. The van der Waals surface area contributed by atoms with Gasteiger partial charge in [-0.25, -0.2) is 4.72 Å². The van der Waals surface area contributed by atoms with Crippen molar-refractivity contribution in [1.82, 2.24) is 25.1 Å². The van der Waals surface area contributed by atoms with Gasteiger partial charge in [-0.3, -0.25) is 9.59 Å². The molecule has 0 bridgehead atoms. The first kappa shape index (κ1) is 28.4. The van der Waals surface area contributed by atoms with Crippen LogP contribution in [0.4, 0.5) is 10.9 Å². The highest BCUT2D eigenvalue weighted by Gasteiger charge is 2.25. The van der Waals surface area contributed by atoms with Crippen molar-refractivity contribution in [2.24, 2.45) is 5.92 Å². The summed E-state index contributed by atoms with van der Waals surface area (Å²) in [6.07, 6.45) is 0. The number of benzene rings is 1. The zero-order valence-corrected chi connectivity index (χ0v) is 23.8. The third kappa shape index (κ3) is 7.90. The smallest absolute Gasteiger partial charge is 0.293 e. The molecule has 0 atom stereocenters. The molecule has 2 heterocycles. The second kappa shape index (κ2) is 12.4. The van der Waals surface area contributed by atoms with Crippen LogP contribution in [0.5, 0.6) is 5.75 Å². The van der Waals surface area contributed by atoms with E-state index >= 15 is 0 Å².